The van der Waals surface area contributed by atoms with Crippen LogP contribution in [0.25, 0.3) is 0 Å². The molecule has 1 fully saturated rings. The second kappa shape index (κ2) is 7.89. The van der Waals surface area contributed by atoms with E-state index in [0.717, 1.165) is 24.8 Å². The molecule has 8 heteroatoms. The minimum atomic E-state index is -2.17. The summed E-state index contributed by atoms with van der Waals surface area (Å²) in [5.74, 6) is -2.84. The lowest BCUT2D eigenvalue weighted by atomic mass is 9.80. The highest BCUT2D eigenvalue weighted by atomic mass is 16.6. The van der Waals surface area contributed by atoms with E-state index in [1.54, 1.807) is 12.1 Å². The molecule has 0 aromatic heterocycles. The summed E-state index contributed by atoms with van der Waals surface area (Å²) < 4.78 is 9.31. The molecule has 2 rings (SSSR count). The fraction of sp³-hybridized carbons (Fsp3) is 0.438. The third kappa shape index (κ3) is 4.53. The van der Waals surface area contributed by atoms with E-state index in [1.807, 2.05) is 6.07 Å². The molecule has 4 N–H and O–H groups in total. The average Bonchev–Trinajstić information content (AvgIpc) is 2.49. The van der Waals surface area contributed by atoms with Gasteiger partial charge in [-0.15, -0.1) is 0 Å². The molecule has 1 saturated carbocycles. The Labute approximate surface area is 138 Å². The summed E-state index contributed by atoms with van der Waals surface area (Å²) in [7, 11) is 0. The number of aliphatic hydroxyl groups is 2. The van der Waals surface area contributed by atoms with Gasteiger partial charge in [-0.05, 0) is 36.5 Å². The second-order valence-electron chi connectivity index (χ2n) is 5.59. The molecule has 0 spiro atoms. The minimum Gasteiger partial charge on any atom is -0.454 e. The maximum atomic E-state index is 11.8. The van der Waals surface area contributed by atoms with Crippen molar-refractivity contribution < 1.29 is 34.1 Å². The third-order valence-electron chi connectivity index (χ3n) is 3.79. The van der Waals surface area contributed by atoms with Gasteiger partial charge in [-0.25, -0.2) is 9.59 Å². The molecule has 0 saturated heterocycles. The summed E-state index contributed by atoms with van der Waals surface area (Å²) in [6, 6.07) is 6.87. The van der Waals surface area contributed by atoms with Gasteiger partial charge < -0.3 is 25.4 Å². The van der Waals surface area contributed by atoms with Gasteiger partial charge in [0.15, 0.2) is 18.8 Å². The third-order valence-corrected chi connectivity index (χ3v) is 3.79. The van der Waals surface area contributed by atoms with Gasteiger partial charge in [0.1, 0.15) is 5.75 Å². The molecule has 8 nitrogen and oxygen atoms in total. The van der Waals surface area contributed by atoms with Gasteiger partial charge in [0.2, 0.25) is 0 Å². The van der Waals surface area contributed by atoms with Crippen LogP contribution in [0.15, 0.2) is 24.3 Å². The fourth-order valence-corrected chi connectivity index (χ4v) is 2.24. The van der Waals surface area contributed by atoms with Crippen LogP contribution in [0, 0.1) is 0 Å². The summed E-state index contributed by atoms with van der Waals surface area (Å²) >= 11 is 0. The van der Waals surface area contributed by atoms with Crippen LogP contribution in [0.2, 0.25) is 0 Å². The Bertz CT molecular complexity index is 627. The van der Waals surface area contributed by atoms with Crippen LogP contribution in [0.4, 0.5) is 0 Å². The van der Waals surface area contributed by atoms with Gasteiger partial charge >= 0.3 is 11.9 Å². The minimum absolute atomic E-state index is 0.209. The number of hydrogen-bond donors (Lipinski definition) is 3. The maximum absolute atomic E-state index is 11.8. The van der Waals surface area contributed by atoms with Crippen LogP contribution in [0.1, 0.15) is 30.7 Å². The zero-order valence-corrected chi connectivity index (χ0v) is 12.9. The molecular weight excluding hydrogens is 318 g/mol. The molecule has 0 aliphatic heterocycles. The van der Waals surface area contributed by atoms with Crippen LogP contribution in [0.3, 0.4) is 0 Å². The van der Waals surface area contributed by atoms with Crippen LogP contribution >= 0.6 is 0 Å². The molecule has 24 heavy (non-hydrogen) atoms. The average molecular weight is 337 g/mol. The Balaban J connectivity index is 1.93. The molecule has 1 aromatic carbocycles. The first-order valence-corrected chi connectivity index (χ1v) is 7.51. The van der Waals surface area contributed by atoms with E-state index >= 15 is 0 Å². The monoisotopic (exact) mass is 337 g/mol. The van der Waals surface area contributed by atoms with Crippen molar-refractivity contribution in [3.63, 3.8) is 0 Å². The standard InChI is InChI=1S/C16H19NO7/c17-12(18)8-23-15(21)13(19)14(20)16(22)24-11-6-2-5-10(7-11)9-3-1-4-9/h2,5-7,9,13-14,19-20H,1,3-4,8H2,(H2,17,18). The first kappa shape index (κ1) is 17.9. The Kier molecular flexibility index (Phi) is 5.88. The molecule has 2 unspecified atom stereocenters. The van der Waals surface area contributed by atoms with Crippen molar-refractivity contribution in [3.05, 3.63) is 29.8 Å². The topological polar surface area (TPSA) is 136 Å². The first-order chi connectivity index (χ1) is 11.4. The van der Waals surface area contributed by atoms with Gasteiger partial charge in [0.25, 0.3) is 5.91 Å². The van der Waals surface area contributed by atoms with Crippen LogP contribution in [0.5, 0.6) is 5.75 Å². The number of carbonyl (C=O) groups excluding carboxylic acids is 3. The zero-order valence-electron chi connectivity index (χ0n) is 12.9. The van der Waals surface area contributed by atoms with E-state index < -0.39 is 36.7 Å². The molecule has 0 bridgehead atoms. The molecule has 1 aliphatic carbocycles. The number of nitrogens with two attached hydrogens (primary N) is 1. The van der Waals surface area contributed by atoms with Gasteiger partial charge in [0.05, 0.1) is 0 Å². The number of carbonyl (C=O) groups is 3. The van der Waals surface area contributed by atoms with Gasteiger partial charge in [-0.2, -0.15) is 0 Å². The number of ether oxygens (including phenoxy) is 2. The Hall–Kier alpha value is -2.45. The van der Waals surface area contributed by atoms with Gasteiger partial charge in [-0.3, -0.25) is 4.79 Å². The van der Waals surface area contributed by atoms with Crippen molar-refractivity contribution in [2.24, 2.45) is 5.73 Å². The highest BCUT2D eigenvalue weighted by molar-refractivity contribution is 5.87. The highest BCUT2D eigenvalue weighted by Gasteiger charge is 2.33. The number of benzene rings is 1. The summed E-state index contributed by atoms with van der Waals surface area (Å²) in [5.41, 5.74) is 5.81. The van der Waals surface area contributed by atoms with E-state index in [0.29, 0.717) is 5.92 Å². The summed E-state index contributed by atoms with van der Waals surface area (Å²) in [6.07, 6.45) is -1.01. The highest BCUT2D eigenvalue weighted by Crippen LogP contribution is 2.37. The van der Waals surface area contributed by atoms with Crippen molar-refractivity contribution >= 4 is 17.8 Å². The van der Waals surface area contributed by atoms with E-state index in [-0.39, 0.29) is 5.75 Å². The first-order valence-electron chi connectivity index (χ1n) is 7.51. The molecule has 1 aromatic rings. The van der Waals surface area contributed by atoms with E-state index in [2.05, 4.69) is 4.74 Å². The van der Waals surface area contributed by atoms with Gasteiger partial charge in [0, 0.05) is 0 Å². The summed E-state index contributed by atoms with van der Waals surface area (Å²) in [5, 5.41) is 19.2. The smallest absolute Gasteiger partial charge is 0.343 e. The largest absolute Gasteiger partial charge is 0.454 e. The zero-order chi connectivity index (χ0) is 17.7. The normalized spacial score (nSPS) is 16.6. The molecule has 2 atom stereocenters. The van der Waals surface area contributed by atoms with Crippen molar-refractivity contribution in [3.8, 4) is 5.75 Å². The molecule has 1 amide bonds. The lowest BCUT2D eigenvalue weighted by Gasteiger charge is -2.26. The van der Waals surface area contributed by atoms with Crippen molar-refractivity contribution in [2.75, 3.05) is 6.61 Å². The lowest BCUT2D eigenvalue weighted by molar-refractivity contribution is -0.169. The van der Waals surface area contributed by atoms with E-state index in [4.69, 9.17) is 10.5 Å². The van der Waals surface area contributed by atoms with E-state index in [1.165, 1.54) is 6.07 Å². The lowest BCUT2D eigenvalue weighted by Crippen LogP contribution is -2.43. The second-order valence-corrected chi connectivity index (χ2v) is 5.59. The van der Waals surface area contributed by atoms with Crippen molar-refractivity contribution in [1.82, 2.24) is 0 Å². The summed E-state index contributed by atoms with van der Waals surface area (Å²) in [6.45, 7) is -0.763. The SMILES string of the molecule is NC(=O)COC(=O)C(O)C(O)C(=O)Oc1cccc(C2CCC2)c1. The van der Waals surface area contributed by atoms with Crippen molar-refractivity contribution in [2.45, 2.75) is 37.4 Å². The summed E-state index contributed by atoms with van der Waals surface area (Å²) in [4.78, 5) is 33.7. The number of esters is 2. The van der Waals surface area contributed by atoms with Crippen LogP contribution in [-0.2, 0) is 19.1 Å². The quantitative estimate of drug-likeness (QED) is 0.455. The molecule has 1 aliphatic rings. The fourth-order valence-electron chi connectivity index (χ4n) is 2.24. The van der Waals surface area contributed by atoms with Crippen LogP contribution < -0.4 is 10.5 Å². The number of hydrogen-bond acceptors (Lipinski definition) is 7. The molecule has 0 radical (unpaired) electrons. The predicted octanol–water partition coefficient (Wildman–Crippen LogP) is -0.390. The molecule has 130 valence electrons. The molecule has 0 heterocycles. The number of primary amides is 1. The number of rotatable bonds is 7. The Morgan fingerprint density at radius 1 is 1.17 bits per heavy atom. The van der Waals surface area contributed by atoms with Crippen LogP contribution in [-0.4, -0.2) is 46.9 Å². The number of amides is 1. The Morgan fingerprint density at radius 3 is 2.42 bits per heavy atom. The predicted molar refractivity (Wildman–Crippen MR) is 80.8 cm³/mol. The number of aliphatic hydroxyl groups excluding tert-OH is 2. The van der Waals surface area contributed by atoms with E-state index in [9.17, 15) is 24.6 Å². The van der Waals surface area contributed by atoms with Gasteiger partial charge in [-0.1, -0.05) is 18.6 Å². The maximum Gasteiger partial charge on any atom is 0.343 e. The molecular formula is C16H19NO7. The van der Waals surface area contributed by atoms with Crippen molar-refractivity contribution in [1.29, 1.82) is 0 Å². The Morgan fingerprint density at radius 2 is 1.83 bits per heavy atom.